The molecule has 2 nitrogen and oxygen atoms in total. The first-order chi connectivity index (χ1) is 7.24. The molecule has 88 valence electrons. The Kier molecular flexibility index (Phi) is 3.68. The van der Waals surface area contributed by atoms with Crippen LogP contribution in [-0.2, 0) is 0 Å². The third kappa shape index (κ3) is 3.18. The van der Waals surface area contributed by atoms with Crippen molar-refractivity contribution < 1.29 is 0 Å². The summed E-state index contributed by atoms with van der Waals surface area (Å²) in [5.41, 5.74) is 6.61. The van der Waals surface area contributed by atoms with Gasteiger partial charge in [0.2, 0.25) is 0 Å². The van der Waals surface area contributed by atoms with Gasteiger partial charge in [0.05, 0.1) is 0 Å². The second-order valence-electron chi connectivity index (χ2n) is 5.77. The summed E-state index contributed by atoms with van der Waals surface area (Å²) in [4.78, 5) is 0. The number of hydrogen-bond acceptors (Lipinski definition) is 2. The van der Waals surface area contributed by atoms with Gasteiger partial charge in [0.1, 0.15) is 0 Å². The zero-order valence-electron chi connectivity index (χ0n) is 10.1. The van der Waals surface area contributed by atoms with Crippen molar-refractivity contribution in [3.63, 3.8) is 0 Å². The molecule has 0 bridgehead atoms. The van der Waals surface area contributed by atoms with Crippen molar-refractivity contribution in [1.82, 2.24) is 5.32 Å². The monoisotopic (exact) mass is 210 g/mol. The zero-order valence-corrected chi connectivity index (χ0v) is 10.1. The topological polar surface area (TPSA) is 38.0 Å². The fourth-order valence-corrected chi connectivity index (χ4v) is 2.77. The van der Waals surface area contributed by atoms with Gasteiger partial charge in [-0.1, -0.05) is 6.92 Å². The van der Waals surface area contributed by atoms with Crippen molar-refractivity contribution in [1.29, 1.82) is 0 Å². The van der Waals surface area contributed by atoms with E-state index in [2.05, 4.69) is 12.2 Å². The Balaban J connectivity index is 1.58. The maximum absolute atomic E-state index is 5.91. The molecule has 0 spiro atoms. The average Bonchev–Trinajstić information content (AvgIpc) is 3.02. The normalized spacial score (nSPS) is 34.0. The summed E-state index contributed by atoms with van der Waals surface area (Å²) in [5, 5.41) is 3.68. The molecule has 2 rings (SSSR count). The van der Waals surface area contributed by atoms with E-state index in [9.17, 15) is 0 Å². The van der Waals surface area contributed by atoms with Gasteiger partial charge in [-0.15, -0.1) is 0 Å². The van der Waals surface area contributed by atoms with Crippen molar-refractivity contribution in [3.05, 3.63) is 0 Å². The van der Waals surface area contributed by atoms with E-state index >= 15 is 0 Å². The van der Waals surface area contributed by atoms with Crippen LogP contribution < -0.4 is 11.1 Å². The van der Waals surface area contributed by atoms with E-state index in [-0.39, 0.29) is 0 Å². The molecular weight excluding hydrogens is 184 g/mol. The van der Waals surface area contributed by atoms with Crippen LogP contribution in [0.1, 0.15) is 51.9 Å². The van der Waals surface area contributed by atoms with E-state index in [0.29, 0.717) is 11.5 Å². The molecule has 2 saturated carbocycles. The van der Waals surface area contributed by atoms with Gasteiger partial charge in [-0.3, -0.25) is 0 Å². The molecule has 2 aliphatic carbocycles. The second-order valence-corrected chi connectivity index (χ2v) is 5.77. The summed E-state index contributed by atoms with van der Waals surface area (Å²) in [6.07, 6.45) is 9.42. The molecule has 2 fully saturated rings. The van der Waals surface area contributed by atoms with Crippen LogP contribution in [0, 0.1) is 11.3 Å². The summed E-state index contributed by atoms with van der Waals surface area (Å²) in [6, 6.07) is 0.492. The molecule has 2 aliphatic rings. The highest BCUT2D eigenvalue weighted by Gasteiger charge is 2.39. The van der Waals surface area contributed by atoms with Gasteiger partial charge in [0.25, 0.3) is 0 Å². The van der Waals surface area contributed by atoms with E-state index in [1.807, 2.05) is 0 Å². The molecular formula is C13H26N2. The third-order valence-corrected chi connectivity index (χ3v) is 4.53. The molecule has 0 saturated heterocycles. The van der Waals surface area contributed by atoms with Gasteiger partial charge in [-0.2, -0.15) is 0 Å². The van der Waals surface area contributed by atoms with Crippen molar-refractivity contribution in [2.45, 2.75) is 57.9 Å². The Labute approximate surface area is 94.0 Å². The standard InChI is InChI=1S/C13H26N2/c1-2-13(7-8-13)10-15-9-11-3-5-12(14)6-4-11/h11-12,15H,2-10,14H2,1H3. The summed E-state index contributed by atoms with van der Waals surface area (Å²) >= 11 is 0. The number of nitrogens with one attached hydrogen (secondary N) is 1. The summed E-state index contributed by atoms with van der Waals surface area (Å²) < 4.78 is 0. The van der Waals surface area contributed by atoms with E-state index in [1.54, 1.807) is 0 Å². The minimum absolute atomic E-state index is 0.492. The van der Waals surface area contributed by atoms with Crippen LogP contribution in [0.25, 0.3) is 0 Å². The zero-order chi connectivity index (χ0) is 10.7. The number of hydrogen-bond donors (Lipinski definition) is 2. The lowest BCUT2D eigenvalue weighted by atomic mass is 9.86. The fraction of sp³-hybridized carbons (Fsp3) is 1.00. The Morgan fingerprint density at radius 2 is 1.87 bits per heavy atom. The molecule has 0 atom stereocenters. The molecule has 0 aromatic carbocycles. The first-order valence-corrected chi connectivity index (χ1v) is 6.70. The third-order valence-electron chi connectivity index (χ3n) is 4.53. The van der Waals surface area contributed by atoms with Gasteiger partial charge in [-0.05, 0) is 62.8 Å². The van der Waals surface area contributed by atoms with Crippen LogP contribution in [0.5, 0.6) is 0 Å². The summed E-state index contributed by atoms with van der Waals surface area (Å²) in [5.74, 6) is 0.900. The molecule has 0 amide bonds. The van der Waals surface area contributed by atoms with Gasteiger partial charge < -0.3 is 11.1 Å². The maximum atomic E-state index is 5.91. The number of nitrogens with two attached hydrogens (primary N) is 1. The van der Waals surface area contributed by atoms with Gasteiger partial charge in [0.15, 0.2) is 0 Å². The predicted octanol–water partition coefficient (Wildman–Crippen LogP) is 2.28. The van der Waals surface area contributed by atoms with E-state index in [0.717, 1.165) is 5.92 Å². The number of rotatable bonds is 5. The fourth-order valence-electron chi connectivity index (χ4n) is 2.77. The highest BCUT2D eigenvalue weighted by atomic mass is 14.9. The first kappa shape index (κ1) is 11.4. The largest absolute Gasteiger partial charge is 0.328 e. The lowest BCUT2D eigenvalue weighted by Crippen LogP contribution is -2.33. The van der Waals surface area contributed by atoms with Gasteiger partial charge >= 0.3 is 0 Å². The van der Waals surface area contributed by atoms with Gasteiger partial charge in [0, 0.05) is 12.6 Å². The van der Waals surface area contributed by atoms with Gasteiger partial charge in [-0.25, -0.2) is 0 Å². The molecule has 0 aliphatic heterocycles. The Hall–Kier alpha value is -0.0800. The Bertz CT molecular complexity index is 191. The van der Waals surface area contributed by atoms with E-state index in [4.69, 9.17) is 5.73 Å². The summed E-state index contributed by atoms with van der Waals surface area (Å²) in [7, 11) is 0. The minimum Gasteiger partial charge on any atom is -0.328 e. The molecule has 0 radical (unpaired) electrons. The predicted molar refractivity (Wildman–Crippen MR) is 64.8 cm³/mol. The highest BCUT2D eigenvalue weighted by molar-refractivity contribution is 4.93. The van der Waals surface area contributed by atoms with Crippen molar-refractivity contribution in [3.8, 4) is 0 Å². The molecule has 2 heteroatoms. The van der Waals surface area contributed by atoms with Crippen LogP contribution in [0.4, 0.5) is 0 Å². The molecule has 0 heterocycles. The molecule has 0 aromatic rings. The van der Waals surface area contributed by atoms with E-state index in [1.165, 1.54) is 58.0 Å². The van der Waals surface area contributed by atoms with E-state index < -0.39 is 0 Å². The van der Waals surface area contributed by atoms with Crippen LogP contribution in [0.3, 0.4) is 0 Å². The van der Waals surface area contributed by atoms with Crippen molar-refractivity contribution in [2.24, 2.45) is 17.1 Å². The van der Waals surface area contributed by atoms with Crippen LogP contribution in [-0.4, -0.2) is 19.1 Å². The molecule has 3 N–H and O–H groups in total. The van der Waals surface area contributed by atoms with Crippen LogP contribution in [0.15, 0.2) is 0 Å². The Morgan fingerprint density at radius 1 is 1.20 bits per heavy atom. The van der Waals surface area contributed by atoms with Crippen molar-refractivity contribution >= 4 is 0 Å². The first-order valence-electron chi connectivity index (χ1n) is 6.70. The second kappa shape index (κ2) is 4.84. The highest BCUT2D eigenvalue weighted by Crippen LogP contribution is 2.47. The Morgan fingerprint density at radius 3 is 2.40 bits per heavy atom. The SMILES string of the molecule is CCC1(CNCC2CCC(N)CC2)CC1. The smallest absolute Gasteiger partial charge is 0.00390 e. The minimum atomic E-state index is 0.492. The van der Waals surface area contributed by atoms with Crippen LogP contribution in [0.2, 0.25) is 0 Å². The summed E-state index contributed by atoms with van der Waals surface area (Å²) in [6.45, 7) is 4.81. The molecule has 0 unspecified atom stereocenters. The average molecular weight is 210 g/mol. The molecule has 15 heavy (non-hydrogen) atoms. The lowest BCUT2D eigenvalue weighted by molar-refractivity contribution is 0.304. The molecule has 0 aromatic heterocycles. The quantitative estimate of drug-likeness (QED) is 0.730. The van der Waals surface area contributed by atoms with Crippen molar-refractivity contribution in [2.75, 3.05) is 13.1 Å². The van der Waals surface area contributed by atoms with Crippen LogP contribution >= 0.6 is 0 Å². The lowest BCUT2D eigenvalue weighted by Gasteiger charge is -2.27. The maximum Gasteiger partial charge on any atom is 0.00390 e.